The Bertz CT molecular complexity index is 1690. The number of aliphatic hydroxyl groups excluding tert-OH is 1. The standard InChI is InChI=1S/C30H22N2O6S/c1-36-21-13-14-22-24(16-21)39-30(31-22)32-26(25(28(34)29(32)35)27(33)23-8-5-15-37-23)19-9-11-20(12-10-19)38-17-18-6-3-2-4-7-18/h2-16,26,34H,17H2,1H3. The van der Waals surface area contributed by atoms with Gasteiger partial charge in [0.25, 0.3) is 5.91 Å². The summed E-state index contributed by atoms with van der Waals surface area (Å²) in [4.78, 5) is 32.9. The average Bonchev–Trinajstić information content (AvgIpc) is 3.71. The molecule has 8 nitrogen and oxygen atoms in total. The van der Waals surface area contributed by atoms with Crippen molar-refractivity contribution in [2.45, 2.75) is 12.6 Å². The summed E-state index contributed by atoms with van der Waals surface area (Å²) in [6, 6.07) is 24.4. The van der Waals surface area contributed by atoms with Crippen molar-refractivity contribution in [1.82, 2.24) is 4.98 Å². The number of methoxy groups -OCH3 is 1. The number of carbonyl (C=O) groups is 2. The van der Waals surface area contributed by atoms with Gasteiger partial charge in [-0.3, -0.25) is 14.5 Å². The average molecular weight is 539 g/mol. The van der Waals surface area contributed by atoms with Crippen molar-refractivity contribution in [2.24, 2.45) is 0 Å². The van der Waals surface area contributed by atoms with Gasteiger partial charge in [-0.15, -0.1) is 0 Å². The Morgan fingerprint density at radius 3 is 2.51 bits per heavy atom. The third kappa shape index (κ3) is 4.53. The van der Waals surface area contributed by atoms with Crippen LogP contribution in [-0.4, -0.2) is 28.9 Å². The van der Waals surface area contributed by atoms with Crippen molar-refractivity contribution < 1.29 is 28.6 Å². The number of anilines is 1. The summed E-state index contributed by atoms with van der Waals surface area (Å²) in [6.45, 7) is 0.395. The van der Waals surface area contributed by atoms with Gasteiger partial charge in [-0.1, -0.05) is 53.8 Å². The molecule has 0 saturated heterocycles. The lowest BCUT2D eigenvalue weighted by Gasteiger charge is -2.24. The second kappa shape index (κ2) is 10.1. The molecule has 6 rings (SSSR count). The molecule has 1 N–H and O–H groups in total. The fraction of sp³-hybridized carbons (Fsp3) is 0.100. The van der Waals surface area contributed by atoms with Gasteiger partial charge in [0, 0.05) is 0 Å². The number of benzene rings is 3. The Hall–Kier alpha value is -4.89. The summed E-state index contributed by atoms with van der Waals surface area (Å²) in [7, 11) is 1.57. The highest BCUT2D eigenvalue weighted by molar-refractivity contribution is 7.22. The number of aromatic nitrogens is 1. The van der Waals surface area contributed by atoms with Crippen LogP contribution in [0.25, 0.3) is 10.2 Å². The molecule has 0 aliphatic carbocycles. The van der Waals surface area contributed by atoms with Crippen LogP contribution in [0.3, 0.4) is 0 Å². The van der Waals surface area contributed by atoms with Crippen molar-refractivity contribution >= 4 is 38.4 Å². The monoisotopic (exact) mass is 538 g/mol. The highest BCUT2D eigenvalue weighted by Crippen LogP contribution is 2.44. The van der Waals surface area contributed by atoms with Crippen LogP contribution in [0.1, 0.15) is 27.7 Å². The van der Waals surface area contributed by atoms with Crippen LogP contribution in [0.15, 0.2) is 107 Å². The first kappa shape index (κ1) is 24.4. The molecule has 0 bridgehead atoms. The molecule has 1 amide bonds. The molecule has 3 aromatic carbocycles. The first-order chi connectivity index (χ1) is 19.0. The van der Waals surface area contributed by atoms with Gasteiger partial charge in [0.1, 0.15) is 18.1 Å². The quantitative estimate of drug-likeness (QED) is 0.233. The molecule has 0 spiro atoms. The van der Waals surface area contributed by atoms with E-state index in [1.165, 1.54) is 28.6 Å². The molecule has 0 radical (unpaired) electrons. The second-order valence-corrected chi connectivity index (χ2v) is 9.83. The molecule has 5 aromatic rings. The van der Waals surface area contributed by atoms with Gasteiger partial charge in [-0.2, -0.15) is 0 Å². The number of rotatable bonds is 8. The Kier molecular flexibility index (Phi) is 6.34. The Morgan fingerprint density at radius 1 is 1.03 bits per heavy atom. The van der Waals surface area contributed by atoms with E-state index in [-0.39, 0.29) is 11.3 Å². The normalized spacial score (nSPS) is 15.3. The Labute approximate surface area is 227 Å². The van der Waals surface area contributed by atoms with Gasteiger partial charge in [0.15, 0.2) is 16.7 Å². The number of ketones is 1. The molecule has 1 unspecified atom stereocenters. The second-order valence-electron chi connectivity index (χ2n) is 8.82. The van der Waals surface area contributed by atoms with Crippen molar-refractivity contribution in [3.05, 3.63) is 119 Å². The number of aliphatic hydroxyl groups is 1. The number of nitrogens with zero attached hydrogens (tertiary/aromatic N) is 2. The van der Waals surface area contributed by atoms with Gasteiger partial charge in [-0.25, -0.2) is 4.98 Å². The zero-order valence-corrected chi connectivity index (χ0v) is 21.6. The molecular formula is C30H22N2O6S. The molecule has 1 atom stereocenters. The van der Waals surface area contributed by atoms with E-state index in [0.717, 1.165) is 10.3 Å². The first-order valence-electron chi connectivity index (χ1n) is 12.1. The number of furan rings is 1. The largest absolute Gasteiger partial charge is 0.503 e. The van der Waals surface area contributed by atoms with Gasteiger partial charge in [0.05, 0.1) is 35.2 Å². The summed E-state index contributed by atoms with van der Waals surface area (Å²) in [5, 5.41) is 11.3. The van der Waals surface area contributed by atoms with E-state index >= 15 is 0 Å². The number of Topliss-reactive ketones (excluding diaryl/α,β-unsaturated/α-hetero) is 1. The third-order valence-electron chi connectivity index (χ3n) is 6.43. The number of fused-ring (bicyclic) bond motifs is 1. The number of hydrogen-bond donors (Lipinski definition) is 1. The molecule has 1 aliphatic heterocycles. The lowest BCUT2D eigenvalue weighted by atomic mass is 9.95. The number of amides is 1. The van der Waals surface area contributed by atoms with Gasteiger partial charge >= 0.3 is 0 Å². The maximum absolute atomic E-state index is 13.5. The van der Waals surface area contributed by atoms with Gasteiger partial charge in [0.2, 0.25) is 5.78 Å². The lowest BCUT2D eigenvalue weighted by Crippen LogP contribution is -2.30. The molecule has 0 fully saturated rings. The summed E-state index contributed by atoms with van der Waals surface area (Å²) >= 11 is 1.27. The Balaban J connectivity index is 1.38. The van der Waals surface area contributed by atoms with Crippen LogP contribution in [0.2, 0.25) is 0 Å². The Morgan fingerprint density at radius 2 is 1.79 bits per heavy atom. The minimum Gasteiger partial charge on any atom is -0.503 e. The van der Waals surface area contributed by atoms with Crippen LogP contribution >= 0.6 is 11.3 Å². The maximum atomic E-state index is 13.5. The van der Waals surface area contributed by atoms with Crippen molar-refractivity contribution in [3.63, 3.8) is 0 Å². The first-order valence-corrected chi connectivity index (χ1v) is 12.9. The van der Waals surface area contributed by atoms with E-state index in [2.05, 4.69) is 4.98 Å². The van der Waals surface area contributed by atoms with Crippen molar-refractivity contribution in [1.29, 1.82) is 0 Å². The van der Waals surface area contributed by atoms with Crippen molar-refractivity contribution in [2.75, 3.05) is 12.0 Å². The predicted octanol–water partition coefficient (Wildman–Crippen LogP) is 6.26. The zero-order valence-electron chi connectivity index (χ0n) is 20.7. The highest BCUT2D eigenvalue weighted by Gasteiger charge is 2.46. The molecule has 0 saturated carbocycles. The fourth-order valence-corrected chi connectivity index (χ4v) is 5.52. The topological polar surface area (TPSA) is 102 Å². The van der Waals surface area contributed by atoms with Gasteiger partial charge in [-0.05, 0) is 53.6 Å². The fourth-order valence-electron chi connectivity index (χ4n) is 4.50. The van der Waals surface area contributed by atoms with Gasteiger partial charge < -0.3 is 19.0 Å². The van der Waals surface area contributed by atoms with Crippen LogP contribution in [0.5, 0.6) is 11.5 Å². The predicted molar refractivity (Wildman–Crippen MR) is 146 cm³/mol. The number of ether oxygens (including phenoxy) is 2. The number of thiazole rings is 1. The molecule has 1 aliphatic rings. The maximum Gasteiger partial charge on any atom is 0.296 e. The minimum atomic E-state index is -0.930. The van der Waals surface area contributed by atoms with Crippen LogP contribution < -0.4 is 14.4 Å². The molecular weight excluding hydrogens is 516 g/mol. The molecule has 194 valence electrons. The van der Waals surface area contributed by atoms with E-state index in [1.54, 1.807) is 49.6 Å². The summed E-state index contributed by atoms with van der Waals surface area (Å²) < 4.78 is 17.3. The molecule has 2 aromatic heterocycles. The van der Waals surface area contributed by atoms with E-state index in [9.17, 15) is 14.7 Å². The SMILES string of the molecule is COc1ccc2nc(N3C(=O)C(O)=C(C(=O)c4ccco4)C3c3ccc(OCc4ccccc4)cc3)sc2c1. The molecule has 3 heterocycles. The van der Waals surface area contributed by atoms with E-state index in [4.69, 9.17) is 13.9 Å². The van der Waals surface area contributed by atoms with Crippen molar-refractivity contribution in [3.8, 4) is 11.5 Å². The summed E-state index contributed by atoms with van der Waals surface area (Å²) in [5.41, 5.74) is 2.22. The summed E-state index contributed by atoms with van der Waals surface area (Å²) in [6.07, 6.45) is 1.37. The zero-order chi connectivity index (χ0) is 26.9. The molecule has 39 heavy (non-hydrogen) atoms. The minimum absolute atomic E-state index is 0.0213. The lowest BCUT2D eigenvalue weighted by molar-refractivity contribution is -0.117. The summed E-state index contributed by atoms with van der Waals surface area (Å²) in [5.74, 6) is -0.632. The van der Waals surface area contributed by atoms with Crippen LogP contribution in [-0.2, 0) is 11.4 Å². The molecule has 9 heteroatoms. The van der Waals surface area contributed by atoms with E-state index in [1.807, 2.05) is 36.4 Å². The van der Waals surface area contributed by atoms with E-state index in [0.29, 0.717) is 34.3 Å². The number of carbonyl (C=O) groups excluding carboxylic acids is 2. The van der Waals surface area contributed by atoms with Crippen LogP contribution in [0, 0.1) is 0 Å². The third-order valence-corrected chi connectivity index (χ3v) is 7.45. The van der Waals surface area contributed by atoms with E-state index < -0.39 is 23.5 Å². The number of hydrogen-bond acceptors (Lipinski definition) is 8. The highest BCUT2D eigenvalue weighted by atomic mass is 32.1. The smallest absolute Gasteiger partial charge is 0.296 e. The van der Waals surface area contributed by atoms with Crippen LogP contribution in [0.4, 0.5) is 5.13 Å².